The topological polar surface area (TPSA) is 66.4 Å². The average molecular weight is 189 g/mol. The third kappa shape index (κ3) is 7.14. The molecule has 0 unspecified atom stereocenters. The Morgan fingerprint density at radius 2 is 2.08 bits per heavy atom. The van der Waals surface area contributed by atoms with Gasteiger partial charge in [-0.25, -0.2) is 4.79 Å². The van der Waals surface area contributed by atoms with Crippen LogP contribution in [0, 0.1) is 0 Å². The van der Waals surface area contributed by atoms with Crippen LogP contribution in [-0.2, 0) is 9.59 Å². The molecule has 0 radical (unpaired) electrons. The van der Waals surface area contributed by atoms with Crippen LogP contribution in [0.5, 0.6) is 0 Å². The van der Waals surface area contributed by atoms with Gasteiger partial charge in [-0.1, -0.05) is 0 Å². The van der Waals surface area contributed by atoms with Gasteiger partial charge in [-0.15, -0.1) is 0 Å². The second-order valence-corrected chi connectivity index (χ2v) is 2.49. The van der Waals surface area contributed by atoms with E-state index in [4.69, 9.17) is 5.11 Å². The largest absolute Gasteiger partial charge is 0.478 e. The zero-order chi connectivity index (χ0) is 9.40. The quantitative estimate of drug-likeness (QED) is 0.325. The molecule has 0 aliphatic carbocycles. The molecule has 0 fully saturated rings. The monoisotopic (exact) mass is 189 g/mol. The lowest BCUT2D eigenvalue weighted by Gasteiger charge is -1.97. The molecule has 4 nitrogen and oxygen atoms in total. The van der Waals surface area contributed by atoms with Gasteiger partial charge < -0.3 is 10.4 Å². The van der Waals surface area contributed by atoms with Crippen LogP contribution in [0.2, 0.25) is 0 Å². The fraction of sp³-hybridized carbons (Fsp3) is 0.429. The number of aliphatic carboxylic acids is 1. The van der Waals surface area contributed by atoms with Crippen molar-refractivity contribution < 1.29 is 14.7 Å². The Labute approximate surface area is 76.1 Å². The number of hydrogen-bond acceptors (Lipinski definition) is 3. The SMILES string of the molecule is O=C(O)/C=C\C(=O)NCCCS. The first kappa shape index (κ1) is 11.0. The summed E-state index contributed by atoms with van der Waals surface area (Å²) in [5.74, 6) is -0.818. The molecule has 0 saturated carbocycles. The smallest absolute Gasteiger partial charge is 0.328 e. The molecule has 0 saturated heterocycles. The van der Waals surface area contributed by atoms with E-state index in [1.54, 1.807) is 0 Å². The van der Waals surface area contributed by atoms with Crippen LogP contribution in [-0.4, -0.2) is 29.3 Å². The van der Waals surface area contributed by atoms with Crippen LogP contribution in [0.4, 0.5) is 0 Å². The van der Waals surface area contributed by atoms with E-state index in [1.807, 2.05) is 0 Å². The van der Waals surface area contributed by atoms with Crippen molar-refractivity contribution in [3.63, 3.8) is 0 Å². The van der Waals surface area contributed by atoms with Gasteiger partial charge in [0.1, 0.15) is 0 Å². The summed E-state index contributed by atoms with van der Waals surface area (Å²) in [5, 5.41) is 10.7. The van der Waals surface area contributed by atoms with E-state index in [1.165, 1.54) is 0 Å². The van der Waals surface area contributed by atoms with E-state index < -0.39 is 5.97 Å². The van der Waals surface area contributed by atoms with Crippen molar-refractivity contribution in [1.29, 1.82) is 0 Å². The second-order valence-electron chi connectivity index (χ2n) is 2.04. The molecule has 0 aliphatic heterocycles. The summed E-state index contributed by atoms with van der Waals surface area (Å²) in [6.45, 7) is 0.520. The first-order valence-electron chi connectivity index (χ1n) is 3.46. The number of carbonyl (C=O) groups excluding carboxylic acids is 1. The Morgan fingerprint density at radius 1 is 1.42 bits per heavy atom. The van der Waals surface area contributed by atoms with Crippen molar-refractivity contribution in [3.05, 3.63) is 12.2 Å². The fourth-order valence-corrected chi connectivity index (χ4v) is 0.655. The maximum atomic E-state index is 10.7. The van der Waals surface area contributed by atoms with Crippen LogP contribution < -0.4 is 5.32 Å². The van der Waals surface area contributed by atoms with Gasteiger partial charge in [0, 0.05) is 18.7 Å². The number of carboxylic acid groups (broad SMARTS) is 1. The summed E-state index contributed by atoms with van der Waals surface area (Å²) in [5.41, 5.74) is 0. The number of nitrogens with one attached hydrogen (secondary N) is 1. The molecule has 1 amide bonds. The van der Waals surface area contributed by atoms with E-state index in [0.29, 0.717) is 12.3 Å². The maximum absolute atomic E-state index is 10.7. The molecule has 68 valence electrons. The van der Waals surface area contributed by atoms with Crippen molar-refractivity contribution in [2.24, 2.45) is 0 Å². The highest BCUT2D eigenvalue weighted by Gasteiger charge is 1.94. The zero-order valence-corrected chi connectivity index (χ0v) is 7.38. The number of hydrogen-bond donors (Lipinski definition) is 3. The molecule has 0 rings (SSSR count). The Bertz CT molecular complexity index is 191. The second kappa shape index (κ2) is 6.72. The van der Waals surface area contributed by atoms with Crippen LogP contribution in [0.25, 0.3) is 0 Å². The van der Waals surface area contributed by atoms with Crippen molar-refractivity contribution in [1.82, 2.24) is 5.32 Å². The fourth-order valence-electron chi connectivity index (χ4n) is 0.497. The number of carbonyl (C=O) groups is 2. The summed E-state index contributed by atoms with van der Waals surface area (Å²) in [6.07, 6.45) is 2.56. The van der Waals surface area contributed by atoms with E-state index in [0.717, 1.165) is 18.6 Å². The number of rotatable bonds is 5. The van der Waals surface area contributed by atoms with Crippen molar-refractivity contribution in [2.75, 3.05) is 12.3 Å². The van der Waals surface area contributed by atoms with Gasteiger partial charge in [0.2, 0.25) is 5.91 Å². The van der Waals surface area contributed by atoms with Gasteiger partial charge in [0.15, 0.2) is 0 Å². The molecule has 0 aliphatic rings. The molecule has 0 bridgehead atoms. The summed E-state index contributed by atoms with van der Waals surface area (Å²) >= 11 is 3.94. The average Bonchev–Trinajstić information content (AvgIpc) is 2.01. The first-order valence-corrected chi connectivity index (χ1v) is 4.09. The van der Waals surface area contributed by atoms with Gasteiger partial charge >= 0.3 is 5.97 Å². The maximum Gasteiger partial charge on any atom is 0.328 e. The highest BCUT2D eigenvalue weighted by atomic mass is 32.1. The van der Waals surface area contributed by atoms with Crippen molar-refractivity contribution >= 4 is 24.5 Å². The lowest BCUT2D eigenvalue weighted by Crippen LogP contribution is -2.22. The highest BCUT2D eigenvalue weighted by Crippen LogP contribution is 1.81. The van der Waals surface area contributed by atoms with E-state index in [2.05, 4.69) is 17.9 Å². The summed E-state index contributed by atoms with van der Waals surface area (Å²) in [6, 6.07) is 0. The van der Waals surface area contributed by atoms with Gasteiger partial charge in [-0.3, -0.25) is 4.79 Å². The van der Waals surface area contributed by atoms with Crippen LogP contribution in [0.15, 0.2) is 12.2 Å². The predicted molar refractivity (Wildman–Crippen MR) is 48.3 cm³/mol. The molecule has 0 atom stereocenters. The van der Waals surface area contributed by atoms with Crippen LogP contribution in [0.3, 0.4) is 0 Å². The van der Waals surface area contributed by atoms with Gasteiger partial charge in [-0.05, 0) is 12.2 Å². The molecule has 0 heterocycles. The molecule has 0 aromatic rings. The lowest BCUT2D eigenvalue weighted by molar-refractivity contribution is -0.131. The Hall–Kier alpha value is -0.970. The lowest BCUT2D eigenvalue weighted by atomic mass is 10.4. The van der Waals surface area contributed by atoms with Crippen molar-refractivity contribution in [2.45, 2.75) is 6.42 Å². The minimum Gasteiger partial charge on any atom is -0.478 e. The zero-order valence-electron chi connectivity index (χ0n) is 6.49. The Balaban J connectivity index is 3.53. The number of carboxylic acids is 1. The van der Waals surface area contributed by atoms with Crippen LogP contribution in [0.1, 0.15) is 6.42 Å². The molecule has 5 heteroatoms. The molecule has 0 spiro atoms. The molecule has 0 aromatic heterocycles. The molecular weight excluding hydrogens is 178 g/mol. The molecule has 0 aromatic carbocycles. The number of amides is 1. The Kier molecular flexibility index (Phi) is 6.18. The first-order chi connectivity index (χ1) is 5.66. The van der Waals surface area contributed by atoms with E-state index >= 15 is 0 Å². The number of thiol groups is 1. The normalized spacial score (nSPS) is 10.1. The summed E-state index contributed by atoms with van der Waals surface area (Å²) < 4.78 is 0. The van der Waals surface area contributed by atoms with E-state index in [9.17, 15) is 9.59 Å². The third-order valence-electron chi connectivity index (χ3n) is 1.01. The standard InChI is InChI=1S/C7H11NO3S/c9-6(2-3-7(10)11)8-4-1-5-12/h2-3,12H,1,4-5H2,(H,8,9)(H,10,11)/b3-2-. The molecular formula is C7H11NO3S. The predicted octanol–water partition coefficient (Wildman–Crippen LogP) is 0.0633. The minimum atomic E-state index is -1.13. The minimum absolute atomic E-state index is 0.390. The molecule has 12 heavy (non-hydrogen) atoms. The highest BCUT2D eigenvalue weighted by molar-refractivity contribution is 7.80. The Morgan fingerprint density at radius 3 is 2.58 bits per heavy atom. The third-order valence-corrected chi connectivity index (χ3v) is 1.33. The van der Waals surface area contributed by atoms with Gasteiger partial charge in [0.05, 0.1) is 0 Å². The van der Waals surface area contributed by atoms with E-state index in [-0.39, 0.29) is 5.91 Å². The summed E-state index contributed by atoms with van der Waals surface area (Å²) in [4.78, 5) is 20.7. The summed E-state index contributed by atoms with van der Waals surface area (Å²) in [7, 11) is 0. The van der Waals surface area contributed by atoms with Gasteiger partial charge in [-0.2, -0.15) is 12.6 Å². The van der Waals surface area contributed by atoms with Crippen molar-refractivity contribution in [3.8, 4) is 0 Å². The molecule has 2 N–H and O–H groups in total. The van der Waals surface area contributed by atoms with Crippen LogP contribution >= 0.6 is 12.6 Å². The van der Waals surface area contributed by atoms with Gasteiger partial charge in [0.25, 0.3) is 0 Å².